The van der Waals surface area contributed by atoms with Gasteiger partial charge in [-0.15, -0.1) is 0 Å². The predicted octanol–water partition coefficient (Wildman–Crippen LogP) is 3.80. The summed E-state index contributed by atoms with van der Waals surface area (Å²) in [6, 6.07) is 0. The van der Waals surface area contributed by atoms with Crippen LogP contribution in [-0.2, 0) is 148 Å². The normalized spacial score (nSPS) is 0. The molecule has 0 N–H and O–H groups in total. The first-order chi connectivity index (χ1) is 0. The van der Waals surface area contributed by atoms with Crippen molar-refractivity contribution in [1.29, 1.82) is 0 Å². The summed E-state index contributed by atoms with van der Waals surface area (Å²) in [7, 11) is 0. The van der Waals surface area contributed by atoms with Crippen LogP contribution in [0.2, 0.25) is 0 Å². The zero-order chi connectivity index (χ0) is 0. The Morgan fingerprint density at radius 2 is 0.571 bits per heavy atom. The van der Waals surface area contributed by atoms with Gasteiger partial charge in [0, 0.05) is 51.5 Å². The minimum absolute atomic E-state index is 0. The molecule has 8 heteroatoms. The molecule has 0 aromatic heterocycles. The van der Waals surface area contributed by atoms with Crippen molar-refractivity contribution in [3.05, 3.63) is 0 Å². The van der Waals surface area contributed by atoms with E-state index in [0.717, 1.165) is 0 Å². The molecule has 0 saturated heterocycles. The van der Waals surface area contributed by atoms with Gasteiger partial charge in [0.15, 0.2) is 0 Å². The molecule has 0 saturated carbocycles. The summed E-state index contributed by atoms with van der Waals surface area (Å²) in [5.74, 6) is 0. The summed E-state index contributed by atoms with van der Waals surface area (Å²) in [5, 5.41) is 0. The zero-order valence-corrected chi connectivity index (χ0v) is 13.7. The van der Waals surface area contributed by atoms with Gasteiger partial charge in [0.05, 0.1) is 0 Å². The molecule has 0 aliphatic rings. The minimum Gasteiger partial charge on any atom is -0.0776 e. The summed E-state index contributed by atoms with van der Waals surface area (Å²) in [6.45, 7) is 0. The molecule has 0 fully saturated rings. The van der Waals surface area contributed by atoms with E-state index in [9.17, 15) is 0 Å². The van der Waals surface area contributed by atoms with Crippen LogP contribution >= 0.6 is 0 Å². The maximum Gasteiger partial charge on any atom is 4.00 e. The van der Waals surface area contributed by atoms with Crippen LogP contribution in [-0.4, -0.2) is 0 Å². The molecule has 0 unspecified atom stereocenters. The van der Waals surface area contributed by atoms with Gasteiger partial charge in [-0.25, -0.2) is 0 Å². The molecule has 0 amide bonds. The average Bonchev–Trinajstić information content (AvgIpc) is 0. The molecule has 14 heavy (non-hydrogen) atoms. The first kappa shape index (κ1) is 271. The fourth-order valence-electron chi connectivity index (χ4n) is 0. The summed E-state index contributed by atoms with van der Waals surface area (Å²) in [6.07, 6.45) is 0. The third kappa shape index (κ3) is 190. The van der Waals surface area contributed by atoms with Crippen LogP contribution in [0.4, 0.5) is 0 Å². The minimum atomic E-state index is 0. The summed E-state index contributed by atoms with van der Waals surface area (Å²) in [5.41, 5.74) is 0. The molecule has 0 bridgehead atoms. The van der Waals surface area contributed by atoms with E-state index in [4.69, 9.17) is 0 Å². The molecule has 0 nitrogen and oxygen atoms in total. The second-order valence-corrected chi connectivity index (χ2v) is 0. The quantitative estimate of drug-likeness (QED) is 0.334. The Morgan fingerprint density at radius 3 is 0.571 bits per heavy atom. The Kier molecular flexibility index (Phi) is 4400. The van der Waals surface area contributed by atoms with Gasteiger partial charge in [-0.05, 0) is 0 Å². The molecule has 0 heterocycles. The number of hydrogen-bond acceptors (Lipinski definition) is 0. The maximum atomic E-state index is 0. The van der Waals surface area contributed by atoms with Crippen LogP contribution in [0.25, 0.3) is 0 Å². The molecular formula is C6H24AgAuCr2Fe2Mn2+13. The van der Waals surface area contributed by atoms with Gasteiger partial charge >= 0.3 is 96.3 Å². The van der Waals surface area contributed by atoms with Crippen molar-refractivity contribution in [2.75, 3.05) is 0 Å². The molecule has 99 valence electrons. The van der Waals surface area contributed by atoms with Crippen molar-refractivity contribution in [3.63, 3.8) is 0 Å². The van der Waals surface area contributed by atoms with Crippen molar-refractivity contribution in [2.24, 2.45) is 0 Å². The fraction of sp³-hybridized carbons (Fsp3) is 1.00. The van der Waals surface area contributed by atoms with Crippen LogP contribution in [0.3, 0.4) is 0 Å². The van der Waals surface area contributed by atoms with Gasteiger partial charge in [-0.2, -0.15) is 0 Å². The summed E-state index contributed by atoms with van der Waals surface area (Å²) < 4.78 is 0. The van der Waals surface area contributed by atoms with Crippen LogP contribution in [0, 0.1) is 0 Å². The molecule has 0 aromatic rings. The summed E-state index contributed by atoms with van der Waals surface area (Å²) in [4.78, 5) is 0. The van der Waals surface area contributed by atoms with E-state index in [0.29, 0.717) is 0 Å². The summed E-state index contributed by atoms with van der Waals surface area (Å²) >= 11 is 0. The van der Waals surface area contributed by atoms with Gasteiger partial charge in [0.2, 0.25) is 0 Å². The fourth-order valence-corrected chi connectivity index (χ4v) is 0. The Morgan fingerprint density at radius 1 is 0.571 bits per heavy atom. The average molecular weight is 727 g/mol. The first-order valence-corrected chi connectivity index (χ1v) is 0. The van der Waals surface area contributed by atoms with Gasteiger partial charge in [0.25, 0.3) is 0 Å². The van der Waals surface area contributed by atoms with E-state index in [1.54, 1.807) is 0 Å². The Bertz CT molecular complexity index is 31.8. The van der Waals surface area contributed by atoms with E-state index < -0.39 is 0 Å². The van der Waals surface area contributed by atoms with Crippen molar-refractivity contribution in [3.8, 4) is 0 Å². The number of rotatable bonds is 0. The van der Waals surface area contributed by atoms with Crippen molar-refractivity contribution < 1.29 is 148 Å². The molecule has 0 spiro atoms. The predicted molar refractivity (Wildman–Crippen MR) is 40.4 cm³/mol. The topological polar surface area (TPSA) is 0 Å². The van der Waals surface area contributed by atoms with E-state index in [-0.39, 0.29) is 192 Å². The van der Waals surface area contributed by atoms with Gasteiger partial charge < -0.3 is 0 Å². The van der Waals surface area contributed by atoms with Crippen molar-refractivity contribution in [2.45, 2.75) is 44.6 Å². The Labute approximate surface area is 189 Å². The standard InChI is InChI=1S/6CH4.Ag.Au.2Cr.2Fe.2Mn/h6*1H4;;;;;;;;/q;;;;;;+1;+3;;+4;+2;+3;;. The van der Waals surface area contributed by atoms with Gasteiger partial charge in [-0.3, -0.25) is 0 Å². The first-order valence-electron chi connectivity index (χ1n) is 0. The monoisotopic (exact) mass is 726 g/mol. The second-order valence-electron chi connectivity index (χ2n) is 0. The molecule has 0 aliphatic carbocycles. The Hall–Kier alpha value is 4.62. The van der Waals surface area contributed by atoms with Crippen LogP contribution in [0.15, 0.2) is 0 Å². The molecule has 0 aromatic carbocycles. The van der Waals surface area contributed by atoms with Crippen LogP contribution in [0.1, 0.15) is 44.6 Å². The van der Waals surface area contributed by atoms with E-state index in [1.807, 2.05) is 0 Å². The van der Waals surface area contributed by atoms with E-state index in [1.165, 1.54) is 0 Å². The number of hydrogen-bond donors (Lipinski definition) is 0. The second kappa shape index (κ2) is 228. The van der Waals surface area contributed by atoms with Crippen molar-refractivity contribution >= 4 is 0 Å². The molecule has 3 radical (unpaired) electrons. The van der Waals surface area contributed by atoms with Crippen LogP contribution < -0.4 is 0 Å². The largest absolute Gasteiger partial charge is 4.00 e. The maximum absolute atomic E-state index is 0. The molecule has 0 aliphatic heterocycles. The van der Waals surface area contributed by atoms with E-state index in [2.05, 4.69) is 0 Å². The smallest absolute Gasteiger partial charge is 0.0776 e. The van der Waals surface area contributed by atoms with Crippen LogP contribution in [0.5, 0.6) is 0 Å². The zero-order valence-electron chi connectivity index (χ0n) is 2.88. The Balaban J connectivity index is 0. The van der Waals surface area contributed by atoms with Crippen molar-refractivity contribution in [1.82, 2.24) is 0 Å². The van der Waals surface area contributed by atoms with E-state index >= 15 is 0 Å². The van der Waals surface area contributed by atoms with Gasteiger partial charge in [-0.1, -0.05) is 44.6 Å². The third-order valence-electron chi connectivity index (χ3n) is 0. The van der Waals surface area contributed by atoms with Gasteiger partial charge in [0.1, 0.15) is 0 Å². The molecular weight excluding hydrogens is 702 g/mol. The molecule has 0 atom stereocenters. The third-order valence-corrected chi connectivity index (χ3v) is 0. The SMILES string of the molecule is C.C.C.C.C.C.[Ag+].[Au+3].[Cr+4].[Cr].[Fe+2].[Fe+3].[Mn].[Mn]. The molecule has 0 rings (SSSR count).